The summed E-state index contributed by atoms with van der Waals surface area (Å²) in [7, 11) is 0. The largest absolute Gasteiger partial charge is 0.465 e. The lowest BCUT2D eigenvalue weighted by molar-refractivity contribution is 0.182. The number of piperidine rings is 1. The average Bonchev–Trinajstić information content (AvgIpc) is 2.04. The lowest BCUT2D eigenvalue weighted by atomic mass is 10.1. The maximum absolute atomic E-state index is 10.3. The molecule has 74 valence electrons. The predicted octanol–water partition coefficient (Wildman–Crippen LogP) is 0.933. The number of amides is 1. The fraction of sp³-hybridized carbons (Fsp3) is 0.714. The second-order valence-electron chi connectivity index (χ2n) is 2.99. The van der Waals surface area contributed by atoms with Gasteiger partial charge in [0, 0.05) is 19.1 Å². The van der Waals surface area contributed by atoms with Crippen molar-refractivity contribution in [1.82, 2.24) is 10.2 Å². The van der Waals surface area contributed by atoms with Crippen LogP contribution in [0.15, 0.2) is 0 Å². The molecule has 6 heteroatoms. The lowest BCUT2D eigenvalue weighted by Crippen LogP contribution is -2.44. The standard InChI is InChI=1S/C7H12N2O2S2/c10-6(11)8-5-1-3-9(4-2-5)7(12)13/h5,8H,1-4H2,(H,10,11)(H,12,13). The van der Waals surface area contributed by atoms with Crippen LogP contribution in [0.1, 0.15) is 12.8 Å². The summed E-state index contributed by atoms with van der Waals surface area (Å²) < 4.78 is 0.591. The normalized spacial score (nSPS) is 18.4. The van der Waals surface area contributed by atoms with Crippen LogP contribution >= 0.6 is 24.8 Å². The first-order chi connectivity index (χ1) is 6.09. The van der Waals surface area contributed by atoms with Gasteiger partial charge in [-0.2, -0.15) is 0 Å². The van der Waals surface area contributed by atoms with E-state index in [1.54, 1.807) is 0 Å². The third-order valence-electron chi connectivity index (χ3n) is 2.09. The van der Waals surface area contributed by atoms with E-state index >= 15 is 0 Å². The van der Waals surface area contributed by atoms with Crippen LogP contribution < -0.4 is 5.32 Å². The van der Waals surface area contributed by atoms with E-state index in [0.717, 1.165) is 25.9 Å². The number of carbonyl (C=O) groups is 1. The molecule has 4 nitrogen and oxygen atoms in total. The number of likely N-dealkylation sites (tertiary alicyclic amines) is 1. The molecule has 1 fully saturated rings. The molecule has 1 rings (SSSR count). The first kappa shape index (κ1) is 10.6. The van der Waals surface area contributed by atoms with Gasteiger partial charge in [-0.25, -0.2) is 4.79 Å². The number of carboxylic acid groups (broad SMARTS) is 1. The Hall–Kier alpha value is -0.490. The summed E-state index contributed by atoms with van der Waals surface area (Å²) in [6.07, 6.45) is 0.645. The number of rotatable bonds is 1. The van der Waals surface area contributed by atoms with Crippen LogP contribution in [0.4, 0.5) is 4.79 Å². The molecule has 0 radical (unpaired) electrons. The number of hydrogen-bond acceptors (Lipinski definition) is 2. The number of thiocarbonyl (C=S) groups is 1. The van der Waals surface area contributed by atoms with Crippen LogP contribution in [0, 0.1) is 0 Å². The Kier molecular flexibility index (Phi) is 3.80. The van der Waals surface area contributed by atoms with Crippen LogP contribution in [0.2, 0.25) is 0 Å². The molecule has 0 aliphatic carbocycles. The third-order valence-corrected chi connectivity index (χ3v) is 2.63. The quantitative estimate of drug-likeness (QED) is 0.454. The second kappa shape index (κ2) is 4.66. The van der Waals surface area contributed by atoms with Gasteiger partial charge in [0.25, 0.3) is 0 Å². The first-order valence-electron chi connectivity index (χ1n) is 4.07. The molecule has 1 heterocycles. The van der Waals surface area contributed by atoms with E-state index in [9.17, 15) is 4.79 Å². The smallest absolute Gasteiger partial charge is 0.404 e. The molecule has 0 bridgehead atoms. The van der Waals surface area contributed by atoms with Gasteiger partial charge >= 0.3 is 6.09 Å². The van der Waals surface area contributed by atoms with Crippen molar-refractivity contribution < 1.29 is 9.90 Å². The Morgan fingerprint density at radius 1 is 1.54 bits per heavy atom. The van der Waals surface area contributed by atoms with Gasteiger partial charge in [-0.1, -0.05) is 12.2 Å². The number of thiol groups is 1. The molecular weight excluding hydrogens is 208 g/mol. The molecule has 1 aliphatic heterocycles. The summed E-state index contributed by atoms with van der Waals surface area (Å²) in [5, 5.41) is 10.9. The summed E-state index contributed by atoms with van der Waals surface area (Å²) in [6.45, 7) is 1.57. The summed E-state index contributed by atoms with van der Waals surface area (Å²) in [6, 6.07) is 0.0661. The number of nitrogens with one attached hydrogen (secondary N) is 1. The van der Waals surface area contributed by atoms with E-state index in [1.165, 1.54) is 0 Å². The minimum Gasteiger partial charge on any atom is -0.465 e. The zero-order chi connectivity index (χ0) is 9.84. The van der Waals surface area contributed by atoms with Crippen LogP contribution in [-0.4, -0.2) is 39.6 Å². The highest BCUT2D eigenvalue weighted by atomic mass is 32.1. The first-order valence-corrected chi connectivity index (χ1v) is 4.92. The van der Waals surface area contributed by atoms with Crippen molar-refractivity contribution in [3.63, 3.8) is 0 Å². The minimum atomic E-state index is -0.952. The fourth-order valence-electron chi connectivity index (χ4n) is 1.39. The summed E-state index contributed by atoms with van der Waals surface area (Å²) in [5.41, 5.74) is 0. The van der Waals surface area contributed by atoms with E-state index in [4.69, 9.17) is 17.3 Å². The SMILES string of the molecule is O=C(O)NC1CCN(C(=S)S)CC1. The second-order valence-corrected chi connectivity index (χ2v) is 4.11. The zero-order valence-corrected chi connectivity index (χ0v) is 8.77. The fourth-order valence-corrected chi connectivity index (χ4v) is 1.77. The molecule has 0 aromatic heterocycles. The number of hydrogen-bond donors (Lipinski definition) is 3. The van der Waals surface area contributed by atoms with Crippen molar-refractivity contribution in [1.29, 1.82) is 0 Å². The van der Waals surface area contributed by atoms with E-state index in [2.05, 4.69) is 17.9 Å². The number of nitrogens with zero attached hydrogens (tertiary/aromatic N) is 1. The molecule has 1 aliphatic rings. The van der Waals surface area contributed by atoms with Gasteiger partial charge in [-0.3, -0.25) is 0 Å². The van der Waals surface area contributed by atoms with Crippen LogP contribution in [0.25, 0.3) is 0 Å². The van der Waals surface area contributed by atoms with Crippen LogP contribution in [0.5, 0.6) is 0 Å². The van der Waals surface area contributed by atoms with Crippen LogP contribution in [-0.2, 0) is 0 Å². The molecule has 1 saturated heterocycles. The summed E-state index contributed by atoms with van der Waals surface area (Å²) in [4.78, 5) is 12.3. The van der Waals surface area contributed by atoms with Crippen molar-refractivity contribution in [3.05, 3.63) is 0 Å². The molecule has 0 aromatic carbocycles. The molecule has 13 heavy (non-hydrogen) atoms. The molecule has 1 amide bonds. The maximum Gasteiger partial charge on any atom is 0.404 e. The lowest BCUT2D eigenvalue weighted by Gasteiger charge is -2.31. The Bertz CT molecular complexity index is 215. The Balaban J connectivity index is 2.30. The summed E-state index contributed by atoms with van der Waals surface area (Å²) in [5.74, 6) is 0. The van der Waals surface area contributed by atoms with Crippen molar-refractivity contribution in [2.45, 2.75) is 18.9 Å². The summed E-state index contributed by atoms with van der Waals surface area (Å²) >= 11 is 8.96. The van der Waals surface area contributed by atoms with Crippen molar-refractivity contribution in [2.24, 2.45) is 0 Å². The highest BCUT2D eigenvalue weighted by Gasteiger charge is 2.20. The van der Waals surface area contributed by atoms with Gasteiger partial charge in [0.15, 0.2) is 0 Å². The molecule has 0 atom stereocenters. The molecule has 0 spiro atoms. The van der Waals surface area contributed by atoms with Crippen LogP contribution in [0.3, 0.4) is 0 Å². The Labute approximate surface area is 87.7 Å². The average molecular weight is 220 g/mol. The Morgan fingerprint density at radius 2 is 2.08 bits per heavy atom. The van der Waals surface area contributed by atoms with Crippen molar-refractivity contribution >= 4 is 35.3 Å². The van der Waals surface area contributed by atoms with Gasteiger partial charge in [0.1, 0.15) is 4.32 Å². The monoisotopic (exact) mass is 220 g/mol. The van der Waals surface area contributed by atoms with E-state index in [-0.39, 0.29) is 6.04 Å². The molecular formula is C7H12N2O2S2. The third kappa shape index (κ3) is 3.40. The maximum atomic E-state index is 10.3. The molecule has 0 aromatic rings. The van der Waals surface area contributed by atoms with Gasteiger partial charge in [0.05, 0.1) is 0 Å². The van der Waals surface area contributed by atoms with E-state index in [0.29, 0.717) is 4.32 Å². The van der Waals surface area contributed by atoms with Gasteiger partial charge < -0.3 is 15.3 Å². The highest BCUT2D eigenvalue weighted by Crippen LogP contribution is 2.11. The zero-order valence-electron chi connectivity index (χ0n) is 7.06. The van der Waals surface area contributed by atoms with Gasteiger partial charge in [0.2, 0.25) is 0 Å². The highest BCUT2D eigenvalue weighted by molar-refractivity contribution is 8.10. The van der Waals surface area contributed by atoms with Crippen molar-refractivity contribution in [3.8, 4) is 0 Å². The van der Waals surface area contributed by atoms with E-state index in [1.807, 2.05) is 4.90 Å². The predicted molar refractivity (Wildman–Crippen MR) is 57.3 cm³/mol. The topological polar surface area (TPSA) is 52.6 Å². The molecule has 0 unspecified atom stereocenters. The van der Waals surface area contributed by atoms with Gasteiger partial charge in [-0.05, 0) is 12.8 Å². The Morgan fingerprint density at radius 3 is 2.46 bits per heavy atom. The minimum absolute atomic E-state index is 0.0661. The van der Waals surface area contributed by atoms with Gasteiger partial charge in [-0.15, -0.1) is 12.6 Å². The van der Waals surface area contributed by atoms with E-state index < -0.39 is 6.09 Å². The van der Waals surface area contributed by atoms with Crippen molar-refractivity contribution in [2.75, 3.05) is 13.1 Å². The molecule has 2 N–H and O–H groups in total. The molecule has 0 saturated carbocycles.